The Labute approximate surface area is 249 Å². The van der Waals surface area contributed by atoms with Gasteiger partial charge in [-0.15, -0.1) is 0 Å². The summed E-state index contributed by atoms with van der Waals surface area (Å²) in [6, 6.07) is 0. The predicted molar refractivity (Wildman–Crippen MR) is 154 cm³/mol. The number of hydrogen-bond donors (Lipinski definition) is 3. The molecule has 3 N–H and O–H groups in total. The summed E-state index contributed by atoms with van der Waals surface area (Å²) in [6.07, 6.45) is -4.93. The fourth-order valence-corrected chi connectivity index (χ4v) is 7.02. The lowest BCUT2D eigenvalue weighted by Gasteiger charge is -2.66. The quantitative estimate of drug-likeness (QED) is 0.242. The van der Waals surface area contributed by atoms with Crippen molar-refractivity contribution in [3.8, 4) is 0 Å². The zero-order valence-electron chi connectivity index (χ0n) is 27.2. The maximum Gasteiger partial charge on any atom is 0.414 e. The molecule has 2 amide bonds. The molecular formula is C28H49N3O10Si. The topological polar surface area (TPSA) is 155 Å². The number of rotatable bonds is 4. The molecule has 6 bridgehead atoms. The average molecular weight is 616 g/mol. The van der Waals surface area contributed by atoms with Crippen molar-refractivity contribution in [2.75, 3.05) is 7.11 Å². The number of aliphatic hydroxyl groups is 1. The van der Waals surface area contributed by atoms with Gasteiger partial charge in [0.15, 0.2) is 20.7 Å². The van der Waals surface area contributed by atoms with Crippen molar-refractivity contribution in [2.24, 2.45) is 10.9 Å². The van der Waals surface area contributed by atoms with Crippen LogP contribution in [0.4, 0.5) is 9.59 Å². The van der Waals surface area contributed by atoms with Crippen LogP contribution in [0.15, 0.2) is 4.99 Å². The zero-order valence-corrected chi connectivity index (χ0v) is 28.2. The molecule has 0 aromatic carbocycles. The molecule has 8 atom stereocenters. The van der Waals surface area contributed by atoms with Crippen LogP contribution in [0.3, 0.4) is 0 Å². The molecule has 42 heavy (non-hydrogen) atoms. The molecule has 2 unspecified atom stereocenters. The fraction of sp³-hybridized carbons (Fsp3) is 0.893. The Morgan fingerprint density at radius 3 is 1.93 bits per heavy atom. The first-order valence-electron chi connectivity index (χ1n) is 14.4. The van der Waals surface area contributed by atoms with Crippen LogP contribution in [0.2, 0.25) is 18.1 Å². The average Bonchev–Trinajstić information content (AvgIpc) is 2.99. The number of hydrogen-bond acceptors (Lipinski definition) is 11. The number of carbonyl (C=O) groups is 2. The number of amides is 2. The van der Waals surface area contributed by atoms with Crippen LogP contribution in [0.1, 0.15) is 75.7 Å². The Hall–Kier alpha value is -1.81. The summed E-state index contributed by atoms with van der Waals surface area (Å²) >= 11 is 0. The maximum atomic E-state index is 12.9. The summed E-state index contributed by atoms with van der Waals surface area (Å²) < 4.78 is 42.9. The number of aliphatic imine (C=N–C) groups is 1. The van der Waals surface area contributed by atoms with Gasteiger partial charge in [0.2, 0.25) is 5.96 Å². The van der Waals surface area contributed by atoms with Gasteiger partial charge >= 0.3 is 18.2 Å². The van der Waals surface area contributed by atoms with Crippen molar-refractivity contribution in [3.05, 3.63) is 0 Å². The summed E-state index contributed by atoms with van der Waals surface area (Å²) in [5, 5.41) is 16.6. The molecule has 5 aliphatic rings. The molecule has 13 nitrogen and oxygen atoms in total. The van der Waals surface area contributed by atoms with Gasteiger partial charge in [-0.2, -0.15) is 0 Å². The van der Waals surface area contributed by atoms with Gasteiger partial charge in [0.25, 0.3) is 0 Å². The molecule has 5 fully saturated rings. The Bertz CT molecular complexity index is 1090. The third kappa shape index (κ3) is 5.83. The predicted octanol–water partition coefficient (Wildman–Crippen LogP) is 3.75. The highest BCUT2D eigenvalue weighted by atomic mass is 28.4. The highest BCUT2D eigenvalue weighted by molar-refractivity contribution is 6.74. The van der Waals surface area contributed by atoms with Crippen molar-refractivity contribution >= 4 is 26.5 Å². The van der Waals surface area contributed by atoms with Crippen LogP contribution < -0.4 is 10.6 Å². The van der Waals surface area contributed by atoms with Gasteiger partial charge in [-0.3, -0.25) is 10.6 Å². The van der Waals surface area contributed by atoms with Crippen molar-refractivity contribution in [1.82, 2.24) is 10.6 Å². The van der Waals surface area contributed by atoms with E-state index in [9.17, 15) is 14.7 Å². The van der Waals surface area contributed by atoms with Gasteiger partial charge in [0.05, 0.1) is 12.0 Å². The molecular weight excluding hydrogens is 566 g/mol. The van der Waals surface area contributed by atoms with Gasteiger partial charge in [-0.05, 0) is 66.6 Å². The smallest absolute Gasteiger partial charge is 0.414 e. The van der Waals surface area contributed by atoms with E-state index in [-0.39, 0.29) is 17.4 Å². The van der Waals surface area contributed by atoms with E-state index < -0.39 is 79.3 Å². The summed E-state index contributed by atoms with van der Waals surface area (Å²) in [5.74, 6) is -2.57. The Balaban J connectivity index is 1.84. The van der Waals surface area contributed by atoms with Crippen molar-refractivity contribution in [1.29, 1.82) is 0 Å². The number of ether oxygens (including phenoxy) is 6. The van der Waals surface area contributed by atoms with Crippen LogP contribution >= 0.6 is 0 Å². The molecule has 240 valence electrons. The van der Waals surface area contributed by atoms with E-state index in [4.69, 9.17) is 37.8 Å². The van der Waals surface area contributed by atoms with Gasteiger partial charge < -0.3 is 38.0 Å². The van der Waals surface area contributed by atoms with Crippen molar-refractivity contribution in [2.45, 2.75) is 147 Å². The normalized spacial score (nSPS) is 37.3. The van der Waals surface area contributed by atoms with Gasteiger partial charge in [0.1, 0.15) is 28.4 Å². The summed E-state index contributed by atoms with van der Waals surface area (Å²) in [7, 11) is -1.07. The second-order valence-electron chi connectivity index (χ2n) is 15.4. The molecule has 0 aromatic rings. The fourth-order valence-electron chi connectivity index (χ4n) is 5.80. The van der Waals surface area contributed by atoms with Crippen LogP contribution in [0, 0.1) is 5.92 Å². The molecule has 4 heterocycles. The molecule has 4 aliphatic heterocycles. The molecule has 5 rings (SSSR count). The van der Waals surface area contributed by atoms with Crippen molar-refractivity contribution in [3.63, 3.8) is 0 Å². The SMILES string of the molecule is COC1O[C@@H]2[C@]3(O[Si](C)(C)C(C)(C)C)O[C@H]4C[C@@]2(N=C(NC(=O)OC(C)(C)C)NC(=O)OC(C)(C)C)C1[C@@H](O3)[C@]4(C)O. The minimum atomic E-state index is -2.57. The lowest BCUT2D eigenvalue weighted by molar-refractivity contribution is -0.505. The highest BCUT2D eigenvalue weighted by Gasteiger charge is 2.83. The molecule has 14 heteroatoms. The second kappa shape index (κ2) is 10.1. The molecule has 0 radical (unpaired) electrons. The second-order valence-corrected chi connectivity index (χ2v) is 20.1. The van der Waals surface area contributed by atoms with Gasteiger partial charge in [-0.25, -0.2) is 14.6 Å². The Morgan fingerprint density at radius 2 is 1.48 bits per heavy atom. The summed E-state index contributed by atoms with van der Waals surface area (Å²) in [6.45, 7) is 22.4. The standard InChI is InChI=1S/C28H49N3O10Si/c1-23(2,3)39-21(32)29-20(30-22(33)40-24(4,5)6)31-27-14-15-26(10,34)17-16(27)18(35-11)36-19(27)28(37-15,38-17)41-42(12,13)25(7,8)9/h15-19,34H,14H2,1-13H3,(H2,29,30,31,32,33)/t15-,16?,17+,18?,19-,26+,27+,28-/m0/s1. The Morgan fingerprint density at radius 1 is 0.952 bits per heavy atom. The third-order valence-electron chi connectivity index (χ3n) is 8.57. The molecule has 1 aliphatic carbocycles. The summed E-state index contributed by atoms with van der Waals surface area (Å²) in [5.41, 5.74) is -4.26. The number of methoxy groups -OCH3 is 1. The van der Waals surface area contributed by atoms with E-state index in [0.29, 0.717) is 0 Å². The molecule has 1 saturated carbocycles. The molecule has 0 aromatic heterocycles. The van der Waals surface area contributed by atoms with Crippen LogP contribution in [0.5, 0.6) is 0 Å². The van der Waals surface area contributed by atoms with Gasteiger partial charge in [0, 0.05) is 13.5 Å². The first-order valence-corrected chi connectivity index (χ1v) is 17.3. The van der Waals surface area contributed by atoms with E-state index in [1.807, 2.05) is 0 Å². The summed E-state index contributed by atoms with van der Waals surface area (Å²) in [4.78, 5) is 30.8. The number of guanidine groups is 1. The lowest BCUT2D eigenvalue weighted by Crippen LogP contribution is -2.84. The number of carbonyl (C=O) groups excluding carboxylic acids is 2. The third-order valence-corrected chi connectivity index (χ3v) is 13.0. The van der Waals surface area contributed by atoms with E-state index in [2.05, 4.69) is 44.5 Å². The number of nitrogens with one attached hydrogen (secondary N) is 2. The van der Waals surface area contributed by atoms with E-state index in [1.54, 1.807) is 48.5 Å². The minimum Gasteiger partial charge on any atom is -0.444 e. The zero-order chi connectivity index (χ0) is 31.9. The van der Waals surface area contributed by atoms with E-state index in [1.165, 1.54) is 7.11 Å². The van der Waals surface area contributed by atoms with E-state index >= 15 is 0 Å². The minimum absolute atomic E-state index is 0.174. The first kappa shape index (κ1) is 33.1. The highest BCUT2D eigenvalue weighted by Crippen LogP contribution is 2.66. The van der Waals surface area contributed by atoms with Gasteiger partial charge in [-0.1, -0.05) is 20.8 Å². The van der Waals surface area contributed by atoms with Crippen LogP contribution in [-0.4, -0.2) is 91.6 Å². The Kier molecular flexibility index (Phi) is 7.96. The van der Waals surface area contributed by atoms with E-state index in [0.717, 1.165) is 0 Å². The largest absolute Gasteiger partial charge is 0.444 e. The first-order chi connectivity index (χ1) is 18.9. The lowest BCUT2D eigenvalue weighted by atomic mass is 9.59. The van der Waals surface area contributed by atoms with Crippen LogP contribution in [-0.2, 0) is 32.8 Å². The molecule has 0 spiro atoms. The maximum absolute atomic E-state index is 12.9. The number of alkyl carbamates (subject to hydrolysis) is 2. The molecule has 4 saturated heterocycles. The number of nitrogens with zero attached hydrogens (tertiary/aromatic N) is 1. The van der Waals surface area contributed by atoms with Crippen molar-refractivity contribution < 1.29 is 47.5 Å². The van der Waals surface area contributed by atoms with Crippen LogP contribution in [0.25, 0.3) is 0 Å². The monoisotopic (exact) mass is 615 g/mol.